The highest BCUT2D eigenvalue weighted by Gasteiger charge is 2.40. The average Bonchev–Trinajstić information content (AvgIpc) is 1.73. The number of ketones is 3. The monoisotopic (exact) mass is 1510 g/mol. The van der Waals surface area contributed by atoms with Crippen LogP contribution in [0.25, 0.3) is 0 Å². The number of halogens is 3. The number of anilines is 3. The van der Waals surface area contributed by atoms with Gasteiger partial charge in [-0.1, -0.05) is 24.3 Å². The first-order valence-corrected chi connectivity index (χ1v) is 40.0. The third-order valence-corrected chi connectivity index (χ3v) is 21.3. The fourth-order valence-electron chi connectivity index (χ4n) is 15.2. The van der Waals surface area contributed by atoms with Crippen LogP contribution in [0.3, 0.4) is 0 Å². The second-order valence-corrected chi connectivity index (χ2v) is 30.9. The van der Waals surface area contributed by atoms with E-state index < -0.39 is 18.1 Å². The van der Waals surface area contributed by atoms with Crippen molar-refractivity contribution in [2.45, 2.75) is 232 Å². The van der Waals surface area contributed by atoms with Gasteiger partial charge in [0.1, 0.15) is 36.5 Å². The summed E-state index contributed by atoms with van der Waals surface area (Å²) in [6, 6.07) is 24.9. The number of benzene rings is 3. The summed E-state index contributed by atoms with van der Waals surface area (Å²) in [6.45, 7) is 26.0. The zero-order valence-corrected chi connectivity index (χ0v) is 65.4. The molecular formula is C86H116F3N9O11. The first kappa shape index (κ1) is 82.5. The van der Waals surface area contributed by atoms with Gasteiger partial charge in [0.2, 0.25) is 0 Å². The molecule has 7 aliphatic rings. The van der Waals surface area contributed by atoms with Crippen molar-refractivity contribution < 1.29 is 65.4 Å². The molecule has 9 heterocycles. The number of Topliss-reactive ketones (excluding diaryl/α,β-unsaturated/α-hetero) is 3. The number of nitrogens with zero attached hydrogens (tertiary/aromatic N) is 6. The van der Waals surface area contributed by atoms with Crippen LogP contribution >= 0.6 is 0 Å². The lowest BCUT2D eigenvalue weighted by atomic mass is 9.96. The van der Waals surface area contributed by atoms with Gasteiger partial charge in [0.25, 0.3) is 0 Å². The SMILES string of the molecule is CC(=O)[C@@H](c1cc(F)ccc1COC(C)C)N1CC[C@@H](OCCCCc2ccc3c(n2)NCCO3)C1.CC(=O)[C@@H](c1cc(F)ccc1COC1(C)CC1)N1CC[C@@H](OCCCCc2ccc3c(n2)NCCC3)C1.CC(=O)[C@H](c1cc(F)ccc1COC(C)C)N1CC[C@@H](OCCCCc2ccc3c(n2)NCCO3)C1. The number of pyridine rings is 3. The van der Waals surface area contributed by atoms with Crippen LogP contribution in [0.5, 0.6) is 11.5 Å². The van der Waals surface area contributed by atoms with Crippen LogP contribution in [0.4, 0.5) is 30.6 Å². The van der Waals surface area contributed by atoms with E-state index in [0.29, 0.717) is 83.6 Å². The predicted octanol–water partition coefficient (Wildman–Crippen LogP) is 14.8. The molecule has 0 radical (unpaired) electrons. The van der Waals surface area contributed by atoms with E-state index in [2.05, 4.69) is 59.7 Å². The second-order valence-electron chi connectivity index (χ2n) is 30.9. The predicted molar refractivity (Wildman–Crippen MR) is 416 cm³/mol. The topological polar surface area (TPSA) is 210 Å². The van der Waals surface area contributed by atoms with Gasteiger partial charge in [0.05, 0.1) is 87.2 Å². The lowest BCUT2D eigenvalue weighted by Gasteiger charge is -2.28. The summed E-state index contributed by atoms with van der Waals surface area (Å²) >= 11 is 0. The molecule has 3 N–H and O–H groups in total. The molecule has 6 atom stereocenters. The molecule has 1 saturated carbocycles. The highest BCUT2D eigenvalue weighted by atomic mass is 19.1. The number of carbonyl (C=O) groups is 3. The standard InChI is InChI=1S/C30H40FN3O3.2C28H38FN3O4/c1-21(35)28(27-18-24(31)10-8-23(27)20-37-30(2)13-14-30)34-16-12-26(19-34)36-17-4-3-7-25-11-9-22-6-5-15-32-29(22)33-25;2*1-19(2)36-18-21-7-8-22(29)16-25(21)27(20(3)33)32-13-11-24(17-32)34-14-5-4-6-23-9-10-26-28(31-23)30-12-15-35-26/h8-11,18,26,28H,3-7,12-17,19-20H2,1-2H3,(H,32,33);2*7-10,16,19,24,27H,4-6,11-15,17-18H2,1-3H3,(H,30,31)/t26-,28+;24-,27+;24-,27-/m111/s1. The molecule has 13 rings (SSSR count). The number of hydrogen-bond acceptors (Lipinski definition) is 20. The van der Waals surface area contributed by atoms with Crippen LogP contribution in [-0.2, 0) is 88.3 Å². The summed E-state index contributed by atoms with van der Waals surface area (Å²) in [7, 11) is 0. The van der Waals surface area contributed by atoms with Gasteiger partial charge < -0.3 is 53.8 Å². The number of unbranched alkanes of at least 4 members (excludes halogenated alkanes) is 3. The van der Waals surface area contributed by atoms with Crippen molar-refractivity contribution in [3.63, 3.8) is 0 Å². The molecule has 0 bridgehead atoms. The smallest absolute Gasteiger partial charge is 0.169 e. The van der Waals surface area contributed by atoms with Crippen molar-refractivity contribution in [1.29, 1.82) is 0 Å². The molecular weight excluding hydrogens is 1390 g/mol. The number of likely N-dealkylation sites (tertiary alicyclic amines) is 3. The number of aromatic nitrogens is 3. The van der Waals surface area contributed by atoms with Gasteiger partial charge in [-0.2, -0.15) is 0 Å². The molecule has 6 aliphatic heterocycles. The molecule has 23 heteroatoms. The quantitative estimate of drug-likeness (QED) is 0.0312. The molecule has 3 aromatic heterocycles. The lowest BCUT2D eigenvalue weighted by molar-refractivity contribution is -0.123. The van der Waals surface area contributed by atoms with Crippen molar-refractivity contribution in [2.75, 3.05) is 108 Å². The van der Waals surface area contributed by atoms with Crippen molar-refractivity contribution in [1.82, 2.24) is 29.7 Å². The highest BCUT2D eigenvalue weighted by molar-refractivity contribution is 5.84. The molecule has 3 saturated heterocycles. The maximum absolute atomic E-state index is 14.3. The molecule has 0 amide bonds. The first-order chi connectivity index (χ1) is 52.7. The number of hydrogen-bond donors (Lipinski definition) is 3. The largest absolute Gasteiger partial charge is 0.488 e. The lowest BCUT2D eigenvalue weighted by Crippen LogP contribution is -2.33. The van der Waals surface area contributed by atoms with Crippen molar-refractivity contribution >= 4 is 34.8 Å². The second kappa shape index (κ2) is 40.7. The number of carbonyl (C=O) groups excluding carboxylic acids is 3. The maximum Gasteiger partial charge on any atom is 0.169 e. The van der Waals surface area contributed by atoms with E-state index in [1.165, 1.54) is 48.4 Å². The number of rotatable bonds is 36. The van der Waals surface area contributed by atoms with Crippen molar-refractivity contribution in [3.05, 3.63) is 164 Å². The summed E-state index contributed by atoms with van der Waals surface area (Å²) in [5, 5.41) is 9.96. The molecule has 1 aliphatic carbocycles. The molecule has 6 aromatic rings. The molecule has 109 heavy (non-hydrogen) atoms. The maximum atomic E-state index is 14.3. The molecule has 592 valence electrons. The van der Waals surface area contributed by atoms with E-state index in [9.17, 15) is 27.6 Å². The average molecular weight is 1510 g/mol. The zero-order chi connectivity index (χ0) is 76.8. The van der Waals surface area contributed by atoms with Crippen LogP contribution < -0.4 is 25.4 Å². The Morgan fingerprint density at radius 3 is 1.26 bits per heavy atom. The Labute approximate surface area is 643 Å². The molecule has 0 unspecified atom stereocenters. The minimum absolute atomic E-state index is 0.00415. The summed E-state index contributed by atoms with van der Waals surface area (Å²) in [5.74, 6) is 3.39. The normalized spacial score (nSPS) is 19.5. The number of ether oxygens (including phenoxy) is 8. The molecule has 20 nitrogen and oxygen atoms in total. The Morgan fingerprint density at radius 2 is 0.872 bits per heavy atom. The Balaban J connectivity index is 0.000000162. The highest BCUT2D eigenvalue weighted by Crippen LogP contribution is 2.41. The van der Waals surface area contributed by atoms with E-state index in [4.69, 9.17) is 42.9 Å². The minimum Gasteiger partial charge on any atom is -0.488 e. The summed E-state index contributed by atoms with van der Waals surface area (Å²) in [5.41, 5.74) is 9.21. The van der Waals surface area contributed by atoms with Crippen LogP contribution in [0.1, 0.15) is 207 Å². The van der Waals surface area contributed by atoms with Gasteiger partial charge in [-0.3, -0.25) is 29.1 Å². The number of fused-ring (bicyclic) bond motifs is 3. The third kappa shape index (κ3) is 24.5. The van der Waals surface area contributed by atoms with Crippen molar-refractivity contribution in [2.24, 2.45) is 0 Å². The van der Waals surface area contributed by atoms with Gasteiger partial charge in [-0.25, -0.2) is 28.1 Å². The van der Waals surface area contributed by atoms with Crippen LogP contribution in [-0.4, -0.2) is 175 Å². The van der Waals surface area contributed by atoms with Gasteiger partial charge in [-0.15, -0.1) is 0 Å². The first-order valence-electron chi connectivity index (χ1n) is 40.0. The zero-order valence-electron chi connectivity index (χ0n) is 65.4. The molecule has 0 spiro atoms. The van der Waals surface area contributed by atoms with E-state index in [0.717, 1.165) is 204 Å². The van der Waals surface area contributed by atoms with Crippen LogP contribution in [0.15, 0.2) is 91.0 Å². The van der Waals surface area contributed by atoms with E-state index in [1.807, 2.05) is 52.0 Å². The van der Waals surface area contributed by atoms with Gasteiger partial charge in [0.15, 0.2) is 40.5 Å². The van der Waals surface area contributed by atoms with Gasteiger partial charge in [-0.05, 0) is 264 Å². The summed E-state index contributed by atoms with van der Waals surface area (Å²) in [4.78, 5) is 58.6. The molecule has 4 fully saturated rings. The van der Waals surface area contributed by atoms with E-state index >= 15 is 0 Å². The Kier molecular flexibility index (Phi) is 30.8. The Morgan fingerprint density at radius 1 is 0.495 bits per heavy atom. The van der Waals surface area contributed by atoms with E-state index in [-0.39, 0.29) is 70.9 Å². The van der Waals surface area contributed by atoms with Gasteiger partial charge in [0, 0.05) is 82.7 Å². The van der Waals surface area contributed by atoms with Gasteiger partial charge >= 0.3 is 0 Å². The summed E-state index contributed by atoms with van der Waals surface area (Å²) in [6.07, 6.45) is 15.9. The minimum atomic E-state index is -0.493. The Hall–Kier alpha value is -7.45. The fourth-order valence-corrected chi connectivity index (χ4v) is 15.2. The number of nitrogens with one attached hydrogen (secondary N) is 3. The Bertz CT molecular complexity index is 3790. The third-order valence-electron chi connectivity index (χ3n) is 21.3. The molecule has 3 aromatic carbocycles. The fraction of sp³-hybridized carbons (Fsp3) is 0.581. The van der Waals surface area contributed by atoms with Crippen LogP contribution in [0, 0.1) is 17.5 Å². The van der Waals surface area contributed by atoms with E-state index in [1.54, 1.807) is 39.0 Å². The summed E-state index contributed by atoms with van der Waals surface area (Å²) < 4.78 is 89.9. The number of aryl methyl sites for hydroxylation is 4. The van der Waals surface area contributed by atoms with Crippen molar-refractivity contribution in [3.8, 4) is 11.5 Å². The van der Waals surface area contributed by atoms with Crippen LogP contribution in [0.2, 0.25) is 0 Å².